The van der Waals surface area contributed by atoms with E-state index in [1.807, 2.05) is 30.8 Å². The number of rotatable bonds is 7. The van der Waals surface area contributed by atoms with Crippen LogP contribution >= 0.6 is 11.8 Å². The van der Waals surface area contributed by atoms with Crippen LogP contribution in [0, 0.1) is 16.0 Å². The highest BCUT2D eigenvalue weighted by molar-refractivity contribution is 7.98. The third-order valence-electron chi connectivity index (χ3n) is 2.34. The lowest BCUT2D eigenvalue weighted by Crippen LogP contribution is -2.02. The van der Waals surface area contributed by atoms with Gasteiger partial charge in [-0.3, -0.25) is 10.1 Å². The van der Waals surface area contributed by atoms with Crippen LogP contribution in [-0.4, -0.2) is 17.2 Å². The Labute approximate surface area is 112 Å². The number of nitrogens with zero attached hydrogens (tertiary/aromatic N) is 1. The van der Waals surface area contributed by atoms with Crippen LogP contribution in [0.3, 0.4) is 0 Å². The molecular formula is C13H20N2O2S. The fraction of sp³-hybridized carbons (Fsp3) is 0.538. The number of nitro groups is 1. The van der Waals surface area contributed by atoms with Gasteiger partial charge in [0.15, 0.2) is 0 Å². The second-order valence-corrected chi connectivity index (χ2v) is 5.58. The summed E-state index contributed by atoms with van der Waals surface area (Å²) in [5.41, 5.74) is 1.89. The van der Waals surface area contributed by atoms with Gasteiger partial charge in [0, 0.05) is 18.4 Å². The van der Waals surface area contributed by atoms with Gasteiger partial charge in [-0.2, -0.15) is 11.8 Å². The van der Waals surface area contributed by atoms with E-state index in [0.717, 1.165) is 17.1 Å². The molecule has 0 saturated carbocycles. The van der Waals surface area contributed by atoms with E-state index in [9.17, 15) is 10.1 Å². The van der Waals surface area contributed by atoms with Crippen molar-refractivity contribution in [2.24, 2.45) is 5.92 Å². The standard InChI is InChI=1S/C13H20N2O2S/c1-4-14-12-7-11(9-18-8-10(2)3)5-6-13(12)15(16)17/h5-7,10,14H,4,8-9H2,1-3H3. The first kappa shape index (κ1) is 14.8. The molecule has 0 fully saturated rings. The number of hydrogen-bond donors (Lipinski definition) is 1. The summed E-state index contributed by atoms with van der Waals surface area (Å²) in [6.45, 7) is 6.99. The Hall–Kier alpha value is -1.23. The van der Waals surface area contributed by atoms with E-state index in [4.69, 9.17) is 0 Å². The summed E-state index contributed by atoms with van der Waals surface area (Å²) in [4.78, 5) is 10.5. The Kier molecular flexibility index (Phi) is 5.98. The zero-order valence-electron chi connectivity index (χ0n) is 11.1. The molecule has 0 aliphatic heterocycles. The summed E-state index contributed by atoms with van der Waals surface area (Å²) in [5.74, 6) is 2.67. The summed E-state index contributed by atoms with van der Waals surface area (Å²) in [6.07, 6.45) is 0. The molecule has 4 nitrogen and oxygen atoms in total. The average Bonchev–Trinajstić information content (AvgIpc) is 2.29. The molecule has 0 aromatic heterocycles. The molecule has 5 heteroatoms. The van der Waals surface area contributed by atoms with Gasteiger partial charge in [0.2, 0.25) is 0 Å². The Morgan fingerprint density at radius 1 is 1.44 bits per heavy atom. The van der Waals surface area contributed by atoms with Gasteiger partial charge in [0.1, 0.15) is 5.69 Å². The first-order valence-corrected chi connectivity index (χ1v) is 7.29. The van der Waals surface area contributed by atoms with Gasteiger partial charge in [-0.25, -0.2) is 0 Å². The van der Waals surface area contributed by atoms with E-state index in [2.05, 4.69) is 19.2 Å². The van der Waals surface area contributed by atoms with Gasteiger partial charge in [-0.05, 0) is 30.2 Å². The molecule has 0 aliphatic rings. The number of nitro benzene ring substituents is 1. The first-order valence-electron chi connectivity index (χ1n) is 6.13. The van der Waals surface area contributed by atoms with E-state index in [1.165, 1.54) is 0 Å². The van der Waals surface area contributed by atoms with Crippen molar-refractivity contribution >= 4 is 23.1 Å². The Balaban J connectivity index is 2.76. The van der Waals surface area contributed by atoms with Gasteiger partial charge in [-0.15, -0.1) is 0 Å². The van der Waals surface area contributed by atoms with Crippen LogP contribution in [-0.2, 0) is 5.75 Å². The maximum Gasteiger partial charge on any atom is 0.292 e. The molecule has 1 rings (SSSR count). The lowest BCUT2D eigenvalue weighted by Gasteiger charge is -2.08. The molecule has 1 N–H and O–H groups in total. The van der Waals surface area contributed by atoms with Crippen LogP contribution in [0.4, 0.5) is 11.4 Å². The predicted molar refractivity (Wildman–Crippen MR) is 78.3 cm³/mol. The van der Waals surface area contributed by atoms with Crippen molar-refractivity contribution in [1.29, 1.82) is 0 Å². The van der Waals surface area contributed by atoms with E-state index in [-0.39, 0.29) is 10.6 Å². The minimum atomic E-state index is -0.344. The highest BCUT2D eigenvalue weighted by Crippen LogP contribution is 2.27. The maximum absolute atomic E-state index is 10.9. The molecule has 0 heterocycles. The molecule has 0 bridgehead atoms. The Morgan fingerprint density at radius 3 is 2.72 bits per heavy atom. The first-order chi connectivity index (χ1) is 8.54. The van der Waals surface area contributed by atoms with Crippen molar-refractivity contribution in [2.45, 2.75) is 26.5 Å². The van der Waals surface area contributed by atoms with Gasteiger partial charge >= 0.3 is 0 Å². The lowest BCUT2D eigenvalue weighted by molar-refractivity contribution is -0.384. The highest BCUT2D eigenvalue weighted by atomic mass is 32.2. The molecule has 0 radical (unpaired) electrons. The maximum atomic E-state index is 10.9. The van der Waals surface area contributed by atoms with Crippen LogP contribution < -0.4 is 5.32 Å². The summed E-state index contributed by atoms with van der Waals surface area (Å²) in [6, 6.07) is 5.31. The van der Waals surface area contributed by atoms with Crippen molar-refractivity contribution in [3.8, 4) is 0 Å². The molecule has 0 spiro atoms. The lowest BCUT2D eigenvalue weighted by atomic mass is 10.2. The molecular weight excluding hydrogens is 248 g/mol. The SMILES string of the molecule is CCNc1cc(CSCC(C)C)ccc1[N+](=O)[O-]. The van der Waals surface area contributed by atoms with Crippen LogP contribution in [0.5, 0.6) is 0 Å². The van der Waals surface area contributed by atoms with Gasteiger partial charge < -0.3 is 5.32 Å². The highest BCUT2D eigenvalue weighted by Gasteiger charge is 2.13. The van der Waals surface area contributed by atoms with Crippen molar-refractivity contribution < 1.29 is 4.92 Å². The quantitative estimate of drug-likeness (QED) is 0.601. The zero-order chi connectivity index (χ0) is 13.5. The molecule has 0 aliphatic carbocycles. The van der Waals surface area contributed by atoms with Crippen molar-refractivity contribution in [3.63, 3.8) is 0 Å². The molecule has 0 saturated heterocycles. The summed E-state index contributed by atoms with van der Waals surface area (Å²) >= 11 is 1.86. The van der Waals surface area contributed by atoms with E-state index in [1.54, 1.807) is 6.07 Å². The number of benzene rings is 1. The minimum absolute atomic E-state index is 0.148. The average molecular weight is 268 g/mol. The summed E-state index contributed by atoms with van der Waals surface area (Å²) in [7, 11) is 0. The van der Waals surface area contributed by atoms with Crippen molar-refractivity contribution in [3.05, 3.63) is 33.9 Å². The third kappa shape index (κ3) is 4.56. The molecule has 1 aromatic rings. The molecule has 0 amide bonds. The van der Waals surface area contributed by atoms with Crippen LogP contribution in [0.15, 0.2) is 18.2 Å². The van der Waals surface area contributed by atoms with Gasteiger partial charge in [0.05, 0.1) is 4.92 Å². The zero-order valence-corrected chi connectivity index (χ0v) is 11.9. The molecule has 100 valence electrons. The second kappa shape index (κ2) is 7.26. The van der Waals surface area contributed by atoms with E-state index < -0.39 is 0 Å². The van der Waals surface area contributed by atoms with Crippen molar-refractivity contribution in [2.75, 3.05) is 17.6 Å². The normalized spacial score (nSPS) is 10.7. The van der Waals surface area contributed by atoms with E-state index in [0.29, 0.717) is 18.2 Å². The third-order valence-corrected chi connectivity index (χ3v) is 3.78. The smallest absolute Gasteiger partial charge is 0.292 e. The molecule has 18 heavy (non-hydrogen) atoms. The topological polar surface area (TPSA) is 55.2 Å². The molecule has 1 aromatic carbocycles. The van der Waals surface area contributed by atoms with Crippen LogP contribution in [0.25, 0.3) is 0 Å². The summed E-state index contributed by atoms with van der Waals surface area (Å²) in [5, 5.41) is 13.9. The molecule has 0 unspecified atom stereocenters. The number of hydrogen-bond acceptors (Lipinski definition) is 4. The number of anilines is 1. The monoisotopic (exact) mass is 268 g/mol. The Bertz CT molecular complexity index is 408. The van der Waals surface area contributed by atoms with Crippen LogP contribution in [0.2, 0.25) is 0 Å². The van der Waals surface area contributed by atoms with E-state index >= 15 is 0 Å². The minimum Gasteiger partial charge on any atom is -0.380 e. The fourth-order valence-electron chi connectivity index (χ4n) is 1.58. The van der Waals surface area contributed by atoms with Crippen molar-refractivity contribution in [1.82, 2.24) is 0 Å². The van der Waals surface area contributed by atoms with Crippen LogP contribution in [0.1, 0.15) is 26.3 Å². The number of thioether (sulfide) groups is 1. The predicted octanol–water partition coefficient (Wildman–Crippen LogP) is 3.92. The fourth-order valence-corrected chi connectivity index (χ4v) is 2.58. The Morgan fingerprint density at radius 2 is 2.17 bits per heavy atom. The second-order valence-electron chi connectivity index (χ2n) is 4.55. The van der Waals surface area contributed by atoms with Gasteiger partial charge in [-0.1, -0.05) is 19.9 Å². The molecule has 0 atom stereocenters. The van der Waals surface area contributed by atoms with Gasteiger partial charge in [0.25, 0.3) is 5.69 Å². The number of nitrogens with one attached hydrogen (secondary N) is 1. The largest absolute Gasteiger partial charge is 0.380 e. The summed E-state index contributed by atoms with van der Waals surface area (Å²) < 4.78 is 0.